The van der Waals surface area contributed by atoms with Gasteiger partial charge in [-0.25, -0.2) is 14.6 Å². The number of hydrogen-bond donors (Lipinski definition) is 1. The summed E-state index contributed by atoms with van der Waals surface area (Å²) >= 11 is 1.55. The molecule has 1 N–H and O–H groups in total. The van der Waals surface area contributed by atoms with Crippen LogP contribution in [-0.4, -0.2) is 25.7 Å². The molecular formula is C16H15N5OS. The molecule has 2 heterocycles. The van der Waals surface area contributed by atoms with Crippen LogP contribution in [0.1, 0.15) is 15.4 Å². The van der Waals surface area contributed by atoms with Crippen LogP contribution < -0.4 is 5.32 Å². The van der Waals surface area contributed by atoms with Gasteiger partial charge in [0.25, 0.3) is 0 Å². The SMILES string of the molecule is Cc1ncc(/C=C\C(=O)Nc2cccc(Cn3cncn3)c2)s1. The van der Waals surface area contributed by atoms with E-state index in [0.29, 0.717) is 6.54 Å². The molecular weight excluding hydrogens is 310 g/mol. The van der Waals surface area contributed by atoms with E-state index in [-0.39, 0.29) is 5.91 Å². The van der Waals surface area contributed by atoms with Crippen molar-refractivity contribution in [1.29, 1.82) is 0 Å². The second-order valence-corrected chi connectivity index (χ2v) is 6.16. The van der Waals surface area contributed by atoms with Crippen LogP contribution in [0, 0.1) is 6.92 Å². The average molecular weight is 325 g/mol. The van der Waals surface area contributed by atoms with E-state index in [9.17, 15) is 4.79 Å². The summed E-state index contributed by atoms with van der Waals surface area (Å²) in [5, 5.41) is 7.90. The molecule has 23 heavy (non-hydrogen) atoms. The summed E-state index contributed by atoms with van der Waals surface area (Å²) in [5.41, 5.74) is 1.79. The Morgan fingerprint density at radius 2 is 2.35 bits per heavy atom. The number of carbonyl (C=O) groups is 1. The Bertz CT molecular complexity index is 823. The fourth-order valence-electron chi connectivity index (χ4n) is 2.05. The molecule has 0 aliphatic carbocycles. The molecule has 0 atom stereocenters. The van der Waals surface area contributed by atoms with Crippen molar-refractivity contribution in [2.45, 2.75) is 13.5 Å². The van der Waals surface area contributed by atoms with E-state index in [4.69, 9.17) is 0 Å². The third-order valence-corrected chi connectivity index (χ3v) is 3.92. The third kappa shape index (κ3) is 4.33. The molecule has 3 rings (SSSR count). The number of hydrogen-bond acceptors (Lipinski definition) is 5. The minimum atomic E-state index is -0.172. The summed E-state index contributed by atoms with van der Waals surface area (Å²) in [7, 11) is 0. The Balaban J connectivity index is 1.63. The molecule has 0 radical (unpaired) electrons. The minimum absolute atomic E-state index is 0.172. The third-order valence-electron chi connectivity index (χ3n) is 3.04. The smallest absolute Gasteiger partial charge is 0.248 e. The molecule has 6 nitrogen and oxygen atoms in total. The zero-order valence-corrected chi connectivity index (χ0v) is 13.3. The van der Waals surface area contributed by atoms with Crippen molar-refractivity contribution in [3.8, 4) is 0 Å². The first-order chi connectivity index (χ1) is 11.2. The monoisotopic (exact) mass is 325 g/mol. The van der Waals surface area contributed by atoms with Crippen LogP contribution in [0.25, 0.3) is 6.08 Å². The number of aromatic nitrogens is 4. The molecule has 116 valence electrons. The van der Waals surface area contributed by atoms with Crippen LogP contribution in [0.4, 0.5) is 5.69 Å². The van der Waals surface area contributed by atoms with Crippen molar-refractivity contribution in [3.05, 3.63) is 64.6 Å². The maximum Gasteiger partial charge on any atom is 0.248 e. The molecule has 0 fully saturated rings. The maximum atomic E-state index is 12.0. The van der Waals surface area contributed by atoms with Crippen LogP contribution in [0.5, 0.6) is 0 Å². The molecule has 2 aromatic heterocycles. The minimum Gasteiger partial charge on any atom is -0.323 e. The number of nitrogens with zero attached hydrogens (tertiary/aromatic N) is 4. The predicted octanol–water partition coefficient (Wildman–Crippen LogP) is 2.74. The quantitative estimate of drug-likeness (QED) is 0.732. The fourth-order valence-corrected chi connectivity index (χ4v) is 2.73. The molecule has 7 heteroatoms. The van der Waals surface area contributed by atoms with Gasteiger partial charge in [0.15, 0.2) is 0 Å². The van der Waals surface area contributed by atoms with Gasteiger partial charge < -0.3 is 5.32 Å². The van der Waals surface area contributed by atoms with Gasteiger partial charge in [-0.05, 0) is 30.7 Å². The highest BCUT2D eigenvalue weighted by molar-refractivity contribution is 7.12. The van der Waals surface area contributed by atoms with E-state index in [1.54, 1.807) is 34.6 Å². The normalized spacial score (nSPS) is 11.0. The molecule has 0 saturated heterocycles. The number of carbonyl (C=O) groups excluding carboxylic acids is 1. The average Bonchev–Trinajstić information content (AvgIpc) is 3.17. The van der Waals surface area contributed by atoms with E-state index >= 15 is 0 Å². The molecule has 1 amide bonds. The van der Waals surface area contributed by atoms with Gasteiger partial charge in [0.1, 0.15) is 12.7 Å². The van der Waals surface area contributed by atoms with Crippen LogP contribution in [0.2, 0.25) is 0 Å². The zero-order valence-electron chi connectivity index (χ0n) is 12.5. The number of thiazole rings is 1. The molecule has 0 spiro atoms. The molecule has 0 aliphatic heterocycles. The van der Waals surface area contributed by atoms with Crippen molar-refractivity contribution in [2.24, 2.45) is 0 Å². The second-order valence-electron chi connectivity index (χ2n) is 4.90. The van der Waals surface area contributed by atoms with E-state index in [1.807, 2.05) is 31.2 Å². The predicted molar refractivity (Wildman–Crippen MR) is 90.1 cm³/mol. The molecule has 0 aliphatic rings. The van der Waals surface area contributed by atoms with Gasteiger partial charge in [-0.2, -0.15) is 5.10 Å². The lowest BCUT2D eigenvalue weighted by molar-refractivity contribution is -0.111. The van der Waals surface area contributed by atoms with E-state index in [1.165, 1.54) is 12.4 Å². The molecule has 0 saturated carbocycles. The first kappa shape index (κ1) is 15.1. The molecule has 0 bridgehead atoms. The van der Waals surface area contributed by atoms with Gasteiger partial charge in [0.2, 0.25) is 5.91 Å². The molecule has 1 aromatic carbocycles. The first-order valence-corrected chi connectivity index (χ1v) is 7.83. The Morgan fingerprint density at radius 3 is 3.09 bits per heavy atom. The van der Waals surface area contributed by atoms with Crippen LogP contribution >= 0.6 is 11.3 Å². The number of benzene rings is 1. The number of aryl methyl sites for hydroxylation is 1. The Labute approximate surface area is 137 Å². The Morgan fingerprint density at radius 1 is 1.43 bits per heavy atom. The van der Waals surface area contributed by atoms with Gasteiger partial charge in [0, 0.05) is 22.8 Å². The lowest BCUT2D eigenvalue weighted by Gasteiger charge is -2.05. The lowest BCUT2D eigenvalue weighted by atomic mass is 10.2. The number of rotatable bonds is 5. The van der Waals surface area contributed by atoms with Crippen molar-refractivity contribution >= 4 is 29.0 Å². The molecule has 3 aromatic rings. The van der Waals surface area contributed by atoms with Crippen LogP contribution in [-0.2, 0) is 11.3 Å². The van der Waals surface area contributed by atoms with Gasteiger partial charge >= 0.3 is 0 Å². The second kappa shape index (κ2) is 6.97. The zero-order chi connectivity index (χ0) is 16.1. The highest BCUT2D eigenvalue weighted by atomic mass is 32.1. The van der Waals surface area contributed by atoms with Gasteiger partial charge in [-0.15, -0.1) is 11.3 Å². The first-order valence-electron chi connectivity index (χ1n) is 7.02. The Kier molecular flexibility index (Phi) is 4.58. The van der Waals surface area contributed by atoms with E-state index in [0.717, 1.165) is 21.1 Å². The molecule has 0 unspecified atom stereocenters. The van der Waals surface area contributed by atoms with Gasteiger partial charge in [-0.3, -0.25) is 4.79 Å². The van der Waals surface area contributed by atoms with E-state index < -0.39 is 0 Å². The summed E-state index contributed by atoms with van der Waals surface area (Å²) in [6, 6.07) is 7.66. The summed E-state index contributed by atoms with van der Waals surface area (Å²) in [5.74, 6) is -0.172. The fraction of sp³-hybridized carbons (Fsp3) is 0.125. The number of nitrogens with one attached hydrogen (secondary N) is 1. The number of amides is 1. The largest absolute Gasteiger partial charge is 0.323 e. The van der Waals surface area contributed by atoms with Crippen molar-refractivity contribution < 1.29 is 4.79 Å². The highest BCUT2D eigenvalue weighted by Crippen LogP contribution is 2.14. The summed E-state index contributed by atoms with van der Waals surface area (Å²) < 4.78 is 1.73. The van der Waals surface area contributed by atoms with Crippen molar-refractivity contribution in [1.82, 2.24) is 19.7 Å². The standard InChI is InChI=1S/C16H15N5OS/c1-12-18-8-15(23-12)5-6-16(22)20-14-4-2-3-13(7-14)9-21-11-17-10-19-21/h2-8,10-11H,9H2,1H3,(H,20,22)/b6-5-. The van der Waals surface area contributed by atoms with E-state index in [2.05, 4.69) is 20.4 Å². The Hall–Kier alpha value is -2.80. The van der Waals surface area contributed by atoms with Gasteiger partial charge in [-0.1, -0.05) is 12.1 Å². The lowest BCUT2D eigenvalue weighted by Crippen LogP contribution is -2.08. The van der Waals surface area contributed by atoms with Crippen LogP contribution in [0.15, 0.2) is 49.2 Å². The summed E-state index contributed by atoms with van der Waals surface area (Å²) in [6.07, 6.45) is 8.18. The van der Waals surface area contributed by atoms with Crippen molar-refractivity contribution in [3.63, 3.8) is 0 Å². The van der Waals surface area contributed by atoms with Gasteiger partial charge in [0.05, 0.1) is 11.6 Å². The van der Waals surface area contributed by atoms with Crippen molar-refractivity contribution in [2.75, 3.05) is 5.32 Å². The van der Waals surface area contributed by atoms with Crippen LogP contribution in [0.3, 0.4) is 0 Å². The number of anilines is 1. The highest BCUT2D eigenvalue weighted by Gasteiger charge is 2.01. The summed E-state index contributed by atoms with van der Waals surface area (Å²) in [6.45, 7) is 2.54. The topological polar surface area (TPSA) is 72.7 Å². The maximum absolute atomic E-state index is 12.0. The summed E-state index contributed by atoms with van der Waals surface area (Å²) in [4.78, 5) is 21.0.